The van der Waals surface area contributed by atoms with Crippen LogP contribution in [-0.4, -0.2) is 32.4 Å². The van der Waals surface area contributed by atoms with Crippen LogP contribution in [0.3, 0.4) is 0 Å². The number of rotatable bonds is 0. The predicted octanol–water partition coefficient (Wildman–Crippen LogP) is 1.99. The average Bonchev–Trinajstić information content (AvgIpc) is 3.06. The number of hydrogen-bond donors (Lipinski definition) is 2. The lowest BCUT2D eigenvalue weighted by molar-refractivity contribution is -0.161. The van der Waals surface area contributed by atoms with Gasteiger partial charge in [0.25, 0.3) is 0 Å². The summed E-state index contributed by atoms with van der Waals surface area (Å²) in [6.07, 6.45) is 10.7. The van der Waals surface area contributed by atoms with E-state index < -0.39 is 12.2 Å². The predicted molar refractivity (Wildman–Crippen MR) is 85.5 cm³/mol. The molecule has 23 heavy (non-hydrogen) atoms. The Morgan fingerprint density at radius 2 is 1.78 bits per heavy atom. The SMILES string of the molecule is OC1C(O)C2C3CCCC3CCC2C2Cc3cncnc3CC12. The van der Waals surface area contributed by atoms with Crippen molar-refractivity contribution in [1.82, 2.24) is 9.97 Å². The van der Waals surface area contributed by atoms with Crippen LogP contribution in [0.5, 0.6) is 0 Å². The molecular formula is C19H26N2O2. The van der Waals surface area contributed by atoms with Crippen LogP contribution in [0.4, 0.5) is 0 Å². The fraction of sp³-hybridized carbons (Fsp3) is 0.789. The lowest BCUT2D eigenvalue weighted by atomic mass is 9.52. The van der Waals surface area contributed by atoms with Crippen LogP contribution in [0, 0.1) is 35.5 Å². The van der Waals surface area contributed by atoms with E-state index in [1.165, 1.54) is 37.7 Å². The maximum absolute atomic E-state index is 10.9. The van der Waals surface area contributed by atoms with Gasteiger partial charge in [0.15, 0.2) is 0 Å². The molecule has 124 valence electrons. The highest BCUT2D eigenvalue weighted by Gasteiger charge is 2.56. The van der Waals surface area contributed by atoms with Gasteiger partial charge in [0.2, 0.25) is 0 Å². The first-order valence-corrected chi connectivity index (χ1v) is 9.38. The van der Waals surface area contributed by atoms with Gasteiger partial charge in [-0.25, -0.2) is 9.97 Å². The van der Waals surface area contributed by atoms with Crippen molar-refractivity contribution in [3.63, 3.8) is 0 Å². The first-order valence-electron chi connectivity index (χ1n) is 9.38. The van der Waals surface area contributed by atoms with Crippen LogP contribution in [0.25, 0.3) is 0 Å². The summed E-state index contributed by atoms with van der Waals surface area (Å²) < 4.78 is 0. The average molecular weight is 314 g/mol. The monoisotopic (exact) mass is 314 g/mol. The van der Waals surface area contributed by atoms with Gasteiger partial charge >= 0.3 is 0 Å². The first kappa shape index (κ1) is 14.4. The van der Waals surface area contributed by atoms with Crippen LogP contribution in [0.15, 0.2) is 12.5 Å². The highest BCUT2D eigenvalue weighted by molar-refractivity contribution is 5.24. The van der Waals surface area contributed by atoms with Crippen molar-refractivity contribution in [3.8, 4) is 0 Å². The maximum Gasteiger partial charge on any atom is 0.115 e. The van der Waals surface area contributed by atoms with E-state index >= 15 is 0 Å². The third-order valence-electron chi connectivity index (χ3n) is 7.63. The van der Waals surface area contributed by atoms with Gasteiger partial charge in [-0.3, -0.25) is 0 Å². The smallest absolute Gasteiger partial charge is 0.115 e. The topological polar surface area (TPSA) is 66.2 Å². The molecule has 5 rings (SSSR count). The molecule has 1 aromatic rings. The summed E-state index contributed by atoms with van der Waals surface area (Å²) >= 11 is 0. The molecule has 1 heterocycles. The Hall–Kier alpha value is -1.00. The zero-order chi connectivity index (χ0) is 15.6. The quantitative estimate of drug-likeness (QED) is 0.768. The van der Waals surface area contributed by atoms with Gasteiger partial charge in [0.05, 0.1) is 12.2 Å². The highest BCUT2D eigenvalue weighted by Crippen LogP contribution is 2.57. The minimum Gasteiger partial charge on any atom is -0.390 e. The second kappa shape index (κ2) is 5.25. The lowest BCUT2D eigenvalue weighted by Gasteiger charge is -2.55. The van der Waals surface area contributed by atoms with Crippen LogP contribution < -0.4 is 0 Å². The van der Waals surface area contributed by atoms with Crippen LogP contribution in [-0.2, 0) is 12.8 Å². The van der Waals surface area contributed by atoms with E-state index in [1.807, 2.05) is 6.20 Å². The molecule has 3 saturated carbocycles. The normalized spacial score (nSPS) is 48.1. The van der Waals surface area contributed by atoms with E-state index in [1.54, 1.807) is 6.33 Å². The van der Waals surface area contributed by atoms with Gasteiger partial charge in [0, 0.05) is 11.9 Å². The van der Waals surface area contributed by atoms with Crippen molar-refractivity contribution in [2.45, 2.75) is 57.2 Å². The van der Waals surface area contributed by atoms with Crippen molar-refractivity contribution >= 4 is 0 Å². The number of nitrogens with zero attached hydrogens (tertiary/aromatic N) is 2. The molecule has 0 amide bonds. The number of aliphatic hydroxyl groups excluding tert-OH is 2. The molecule has 4 aliphatic carbocycles. The summed E-state index contributed by atoms with van der Waals surface area (Å²) in [5.74, 6) is 3.01. The van der Waals surface area contributed by atoms with Gasteiger partial charge < -0.3 is 10.2 Å². The van der Waals surface area contributed by atoms with Crippen LogP contribution >= 0.6 is 0 Å². The van der Waals surface area contributed by atoms with Crippen molar-refractivity contribution in [2.24, 2.45) is 35.5 Å². The third kappa shape index (κ3) is 2.04. The second-order valence-electron chi connectivity index (χ2n) is 8.39. The van der Waals surface area contributed by atoms with Crippen LogP contribution in [0.1, 0.15) is 43.4 Å². The Balaban J connectivity index is 1.52. The minimum absolute atomic E-state index is 0.173. The molecular weight excluding hydrogens is 288 g/mol. The Morgan fingerprint density at radius 1 is 0.870 bits per heavy atom. The molecule has 1 aromatic heterocycles. The summed E-state index contributed by atoms with van der Waals surface area (Å²) in [5.41, 5.74) is 2.35. The van der Waals surface area contributed by atoms with E-state index in [0.29, 0.717) is 23.7 Å². The molecule has 2 N–H and O–H groups in total. The third-order valence-corrected chi connectivity index (χ3v) is 7.63. The Labute approximate surface area is 137 Å². The Morgan fingerprint density at radius 3 is 2.70 bits per heavy atom. The molecule has 0 spiro atoms. The standard InChI is InChI=1S/C19H26N2O2/c22-18-15-7-16-11(8-20-9-21-16)6-14(15)13-5-4-10-2-1-3-12(10)17(13)19(18)23/h8-10,12-15,17-19,22-23H,1-7H2. The summed E-state index contributed by atoms with van der Waals surface area (Å²) in [6.45, 7) is 0. The van der Waals surface area contributed by atoms with Crippen molar-refractivity contribution in [2.75, 3.05) is 0 Å². The largest absolute Gasteiger partial charge is 0.390 e. The zero-order valence-corrected chi connectivity index (χ0v) is 13.5. The number of hydrogen-bond acceptors (Lipinski definition) is 4. The van der Waals surface area contributed by atoms with E-state index in [4.69, 9.17) is 0 Å². The second-order valence-corrected chi connectivity index (χ2v) is 8.39. The van der Waals surface area contributed by atoms with Crippen molar-refractivity contribution in [1.29, 1.82) is 0 Å². The van der Waals surface area contributed by atoms with Crippen molar-refractivity contribution in [3.05, 3.63) is 23.8 Å². The summed E-state index contributed by atoms with van der Waals surface area (Å²) in [5, 5.41) is 21.8. The van der Waals surface area contributed by atoms with Gasteiger partial charge in [0.1, 0.15) is 6.33 Å². The van der Waals surface area contributed by atoms with E-state index in [2.05, 4.69) is 9.97 Å². The summed E-state index contributed by atoms with van der Waals surface area (Å²) in [6, 6.07) is 0. The fourth-order valence-electron chi connectivity index (χ4n) is 6.70. The molecule has 0 saturated heterocycles. The molecule has 4 heteroatoms. The highest BCUT2D eigenvalue weighted by atomic mass is 16.3. The first-order chi connectivity index (χ1) is 11.2. The van der Waals surface area contributed by atoms with E-state index in [9.17, 15) is 10.2 Å². The summed E-state index contributed by atoms with van der Waals surface area (Å²) in [7, 11) is 0. The molecule has 8 unspecified atom stereocenters. The maximum atomic E-state index is 10.9. The zero-order valence-electron chi connectivity index (χ0n) is 13.5. The Bertz CT molecular complexity index is 607. The number of aliphatic hydroxyl groups is 2. The minimum atomic E-state index is -0.580. The molecule has 4 aliphatic rings. The summed E-state index contributed by atoms with van der Waals surface area (Å²) in [4.78, 5) is 8.63. The number of aromatic nitrogens is 2. The van der Waals surface area contributed by atoms with Crippen molar-refractivity contribution < 1.29 is 10.2 Å². The van der Waals surface area contributed by atoms with Gasteiger partial charge in [-0.2, -0.15) is 0 Å². The van der Waals surface area contributed by atoms with Gasteiger partial charge in [-0.15, -0.1) is 0 Å². The molecule has 0 aliphatic heterocycles. The fourth-order valence-corrected chi connectivity index (χ4v) is 6.70. The molecule has 4 nitrogen and oxygen atoms in total. The molecule has 8 atom stereocenters. The van der Waals surface area contributed by atoms with Gasteiger partial charge in [-0.05, 0) is 73.2 Å². The lowest BCUT2D eigenvalue weighted by Crippen LogP contribution is -2.58. The molecule has 0 radical (unpaired) electrons. The number of fused-ring (bicyclic) bond motifs is 6. The molecule has 3 fully saturated rings. The van der Waals surface area contributed by atoms with Gasteiger partial charge in [-0.1, -0.05) is 12.8 Å². The molecule has 0 aromatic carbocycles. The molecule has 0 bridgehead atoms. The van der Waals surface area contributed by atoms with Crippen LogP contribution in [0.2, 0.25) is 0 Å². The Kier molecular flexibility index (Phi) is 3.28. The van der Waals surface area contributed by atoms with E-state index in [0.717, 1.165) is 24.5 Å². The van der Waals surface area contributed by atoms with E-state index in [-0.39, 0.29) is 5.92 Å².